The second-order valence-electron chi connectivity index (χ2n) is 8.94. The fourth-order valence-electron chi connectivity index (χ4n) is 4.44. The summed E-state index contributed by atoms with van der Waals surface area (Å²) >= 11 is 0. The van der Waals surface area contributed by atoms with Gasteiger partial charge in [-0.15, -0.1) is 0 Å². The molecule has 3 aromatic carbocycles. The van der Waals surface area contributed by atoms with Crippen molar-refractivity contribution in [3.63, 3.8) is 0 Å². The summed E-state index contributed by atoms with van der Waals surface area (Å²) in [6.45, 7) is 6.58. The molecule has 35 heavy (non-hydrogen) atoms. The van der Waals surface area contributed by atoms with Crippen LogP contribution in [0.15, 0.2) is 78.5 Å². The summed E-state index contributed by atoms with van der Waals surface area (Å²) in [6, 6.07) is 20.8. The van der Waals surface area contributed by atoms with Gasteiger partial charge < -0.3 is 4.57 Å². The van der Waals surface area contributed by atoms with Crippen molar-refractivity contribution < 1.29 is 14.4 Å². The Morgan fingerprint density at radius 2 is 1.66 bits per heavy atom. The second-order valence-corrected chi connectivity index (χ2v) is 8.94. The lowest BCUT2D eigenvalue weighted by Crippen LogP contribution is -2.54. The average molecular weight is 464 g/mol. The minimum Gasteiger partial charge on any atom is -0.342 e. The number of nitrogens with one attached hydrogen (secondary N) is 1. The summed E-state index contributed by atoms with van der Waals surface area (Å²) in [5.74, 6) is -1.34. The zero-order chi connectivity index (χ0) is 24.7. The van der Waals surface area contributed by atoms with Crippen molar-refractivity contribution in [1.29, 1.82) is 0 Å². The Labute approximate surface area is 203 Å². The molecule has 6 nitrogen and oxygen atoms in total. The van der Waals surface area contributed by atoms with Crippen molar-refractivity contribution >= 4 is 40.5 Å². The van der Waals surface area contributed by atoms with E-state index in [1.807, 2.05) is 56.4 Å². The van der Waals surface area contributed by atoms with Gasteiger partial charge >= 0.3 is 6.03 Å². The highest BCUT2D eigenvalue weighted by atomic mass is 16.2. The van der Waals surface area contributed by atoms with E-state index in [0.717, 1.165) is 38.1 Å². The summed E-state index contributed by atoms with van der Waals surface area (Å²) in [5, 5.41) is 3.24. The second kappa shape index (κ2) is 8.72. The maximum absolute atomic E-state index is 13.4. The summed E-state index contributed by atoms with van der Waals surface area (Å²) in [7, 11) is 0. The molecule has 0 saturated carbocycles. The van der Waals surface area contributed by atoms with E-state index >= 15 is 0 Å². The molecule has 2 heterocycles. The molecule has 1 aliphatic heterocycles. The number of aromatic nitrogens is 1. The predicted octanol–water partition coefficient (Wildman–Crippen LogP) is 5.28. The number of imide groups is 2. The fraction of sp³-hybridized carbons (Fsp3) is 0.138. The SMILES string of the molecule is Cc1cccc(Cn2cc(/C=C3\C(=O)NC(=O)N(c4ccc(C)c(C)c4)C3=O)c3ccccc32)c1. The van der Waals surface area contributed by atoms with Gasteiger partial charge in [0.2, 0.25) is 0 Å². The van der Waals surface area contributed by atoms with Crippen LogP contribution >= 0.6 is 0 Å². The first-order valence-corrected chi connectivity index (χ1v) is 11.4. The molecule has 4 amide bonds. The first kappa shape index (κ1) is 22.3. The lowest BCUT2D eigenvalue weighted by atomic mass is 10.0. The first-order chi connectivity index (χ1) is 16.8. The van der Waals surface area contributed by atoms with E-state index < -0.39 is 17.8 Å². The Kier molecular flexibility index (Phi) is 5.57. The smallest absolute Gasteiger partial charge is 0.335 e. The maximum atomic E-state index is 13.4. The van der Waals surface area contributed by atoms with E-state index in [1.54, 1.807) is 18.2 Å². The summed E-state index contributed by atoms with van der Waals surface area (Å²) in [4.78, 5) is 39.7. The van der Waals surface area contributed by atoms with Crippen molar-refractivity contribution in [2.75, 3.05) is 4.90 Å². The largest absolute Gasteiger partial charge is 0.342 e. The molecule has 4 aromatic rings. The minimum absolute atomic E-state index is 0.0821. The summed E-state index contributed by atoms with van der Waals surface area (Å²) < 4.78 is 2.11. The molecule has 6 heteroatoms. The van der Waals surface area contributed by atoms with Gasteiger partial charge in [-0.25, -0.2) is 9.69 Å². The Balaban J connectivity index is 1.57. The summed E-state index contributed by atoms with van der Waals surface area (Å²) in [6.07, 6.45) is 3.52. The number of carbonyl (C=O) groups excluding carboxylic acids is 3. The Morgan fingerprint density at radius 1 is 0.857 bits per heavy atom. The van der Waals surface area contributed by atoms with Gasteiger partial charge in [0.15, 0.2) is 0 Å². The molecule has 0 atom stereocenters. The molecule has 0 radical (unpaired) electrons. The topological polar surface area (TPSA) is 71.4 Å². The minimum atomic E-state index is -0.748. The Morgan fingerprint density at radius 3 is 2.43 bits per heavy atom. The van der Waals surface area contributed by atoms with Crippen LogP contribution in [0, 0.1) is 20.8 Å². The molecular weight excluding hydrogens is 438 g/mol. The van der Waals surface area contributed by atoms with Gasteiger partial charge in [-0.3, -0.25) is 14.9 Å². The highest BCUT2D eigenvalue weighted by Gasteiger charge is 2.37. The number of hydrogen-bond donors (Lipinski definition) is 1. The third kappa shape index (κ3) is 4.15. The van der Waals surface area contributed by atoms with Crippen LogP contribution in [0.5, 0.6) is 0 Å². The van der Waals surface area contributed by atoms with Crippen LogP contribution in [0.25, 0.3) is 17.0 Å². The van der Waals surface area contributed by atoms with Crippen molar-refractivity contribution in [1.82, 2.24) is 9.88 Å². The molecule has 0 spiro atoms. The van der Waals surface area contributed by atoms with Crippen molar-refractivity contribution in [2.24, 2.45) is 0 Å². The van der Waals surface area contributed by atoms with Gasteiger partial charge in [-0.2, -0.15) is 0 Å². The van der Waals surface area contributed by atoms with Crippen LogP contribution in [-0.2, 0) is 16.1 Å². The Hall–Kier alpha value is -4.45. The third-order valence-corrected chi connectivity index (χ3v) is 6.41. The lowest BCUT2D eigenvalue weighted by molar-refractivity contribution is -0.122. The molecule has 1 aliphatic rings. The predicted molar refractivity (Wildman–Crippen MR) is 137 cm³/mol. The number of rotatable bonds is 4. The van der Waals surface area contributed by atoms with Gasteiger partial charge in [0.05, 0.1) is 5.69 Å². The molecule has 174 valence electrons. The highest BCUT2D eigenvalue weighted by molar-refractivity contribution is 6.39. The van der Waals surface area contributed by atoms with Gasteiger partial charge in [-0.05, 0) is 61.7 Å². The molecule has 1 saturated heterocycles. The van der Waals surface area contributed by atoms with Crippen LogP contribution in [-0.4, -0.2) is 22.4 Å². The van der Waals surface area contributed by atoms with Crippen molar-refractivity contribution in [3.05, 3.63) is 106 Å². The van der Waals surface area contributed by atoms with Crippen LogP contribution < -0.4 is 10.2 Å². The molecule has 1 fully saturated rings. The van der Waals surface area contributed by atoms with E-state index in [9.17, 15) is 14.4 Å². The normalized spacial score (nSPS) is 15.2. The van der Waals surface area contributed by atoms with E-state index in [2.05, 4.69) is 35.0 Å². The first-order valence-electron chi connectivity index (χ1n) is 11.4. The number of amides is 4. The lowest BCUT2D eigenvalue weighted by Gasteiger charge is -2.26. The van der Waals surface area contributed by atoms with Gasteiger partial charge in [-0.1, -0.05) is 54.1 Å². The third-order valence-electron chi connectivity index (χ3n) is 6.41. The molecule has 5 rings (SSSR count). The molecule has 0 aliphatic carbocycles. The number of aryl methyl sites for hydroxylation is 3. The standard InChI is InChI=1S/C29H25N3O3/c1-18-7-6-8-21(13-18)16-31-17-22(24-9-4-5-10-26(24)31)15-25-27(33)30-29(35)32(28(25)34)23-12-11-19(2)20(3)14-23/h4-15,17H,16H2,1-3H3,(H,30,33,35)/b25-15+. The zero-order valence-corrected chi connectivity index (χ0v) is 19.8. The molecule has 1 aromatic heterocycles. The van der Waals surface area contributed by atoms with Crippen molar-refractivity contribution in [3.8, 4) is 0 Å². The Bertz CT molecular complexity index is 1540. The van der Waals surface area contributed by atoms with Crippen LogP contribution in [0.3, 0.4) is 0 Å². The number of urea groups is 1. The average Bonchev–Trinajstić information content (AvgIpc) is 3.16. The number of anilines is 1. The van der Waals surface area contributed by atoms with Crippen LogP contribution in [0.4, 0.5) is 10.5 Å². The number of benzene rings is 3. The van der Waals surface area contributed by atoms with E-state index in [-0.39, 0.29) is 5.57 Å². The molecule has 1 N–H and O–H groups in total. The fourth-order valence-corrected chi connectivity index (χ4v) is 4.44. The summed E-state index contributed by atoms with van der Waals surface area (Å²) in [5.41, 5.74) is 6.41. The van der Waals surface area contributed by atoms with E-state index in [4.69, 9.17) is 0 Å². The zero-order valence-electron chi connectivity index (χ0n) is 19.8. The van der Waals surface area contributed by atoms with Crippen LogP contribution in [0.1, 0.15) is 27.8 Å². The van der Waals surface area contributed by atoms with Crippen molar-refractivity contribution in [2.45, 2.75) is 27.3 Å². The number of hydrogen-bond acceptors (Lipinski definition) is 3. The number of fused-ring (bicyclic) bond motifs is 1. The molecular formula is C29H25N3O3. The van der Waals surface area contributed by atoms with Gasteiger partial charge in [0.25, 0.3) is 11.8 Å². The van der Waals surface area contributed by atoms with Gasteiger partial charge in [0, 0.05) is 29.2 Å². The van der Waals surface area contributed by atoms with Crippen LogP contribution in [0.2, 0.25) is 0 Å². The van der Waals surface area contributed by atoms with Gasteiger partial charge in [0.1, 0.15) is 5.57 Å². The number of nitrogens with zero attached hydrogens (tertiary/aromatic N) is 2. The van der Waals surface area contributed by atoms with E-state index in [0.29, 0.717) is 12.2 Å². The highest BCUT2D eigenvalue weighted by Crippen LogP contribution is 2.28. The maximum Gasteiger partial charge on any atom is 0.335 e. The quantitative estimate of drug-likeness (QED) is 0.331. The molecule has 0 unspecified atom stereocenters. The number of barbiturate groups is 1. The number of para-hydroxylation sites is 1. The number of carbonyl (C=O) groups is 3. The van der Waals surface area contributed by atoms with E-state index in [1.165, 1.54) is 5.56 Å². The molecule has 0 bridgehead atoms. The monoisotopic (exact) mass is 463 g/mol.